The summed E-state index contributed by atoms with van der Waals surface area (Å²) in [5, 5.41) is 2.77. The van der Waals surface area contributed by atoms with E-state index in [9.17, 15) is 14.4 Å². The molecule has 1 aromatic heterocycles. The molecule has 5 heterocycles. The monoisotopic (exact) mass is 453 g/mol. The summed E-state index contributed by atoms with van der Waals surface area (Å²) in [6, 6.07) is 4.40. The number of likely N-dealkylation sites (tertiary alicyclic amines) is 1. The predicted octanol–water partition coefficient (Wildman–Crippen LogP) is 1.53. The molecule has 0 bridgehead atoms. The summed E-state index contributed by atoms with van der Waals surface area (Å²) in [4.78, 5) is 48.6. The van der Waals surface area contributed by atoms with Crippen molar-refractivity contribution in [1.82, 2.24) is 25.0 Å². The number of hydrogen-bond acceptors (Lipinski definition) is 5. The van der Waals surface area contributed by atoms with Gasteiger partial charge in [0.2, 0.25) is 11.8 Å². The van der Waals surface area contributed by atoms with Crippen LogP contribution in [0.3, 0.4) is 0 Å². The van der Waals surface area contributed by atoms with Gasteiger partial charge in [0.15, 0.2) is 0 Å². The maximum absolute atomic E-state index is 13.6. The van der Waals surface area contributed by atoms with Crippen molar-refractivity contribution in [2.75, 3.05) is 39.3 Å². The number of nitrogens with zero attached hydrogens (tertiary/aromatic N) is 4. The lowest BCUT2D eigenvalue weighted by Crippen LogP contribution is -2.65. The molecule has 33 heavy (non-hydrogen) atoms. The van der Waals surface area contributed by atoms with Gasteiger partial charge >= 0.3 is 0 Å². The van der Waals surface area contributed by atoms with Crippen molar-refractivity contribution in [3.05, 3.63) is 30.1 Å². The van der Waals surface area contributed by atoms with Crippen LogP contribution in [0.4, 0.5) is 0 Å². The van der Waals surface area contributed by atoms with Crippen molar-refractivity contribution in [2.45, 2.75) is 57.0 Å². The average Bonchev–Trinajstić information content (AvgIpc) is 2.85. The Hall–Kier alpha value is -2.48. The molecular formula is C25H35N5O3. The summed E-state index contributed by atoms with van der Waals surface area (Å²) >= 11 is 0. The van der Waals surface area contributed by atoms with E-state index in [1.165, 1.54) is 32.4 Å². The molecule has 1 aromatic rings. The molecule has 4 aliphatic rings. The Morgan fingerprint density at radius 1 is 1.15 bits per heavy atom. The molecule has 0 saturated carbocycles. The van der Waals surface area contributed by atoms with Gasteiger partial charge in [-0.3, -0.25) is 24.3 Å². The molecule has 8 nitrogen and oxygen atoms in total. The van der Waals surface area contributed by atoms with Crippen LogP contribution < -0.4 is 5.32 Å². The van der Waals surface area contributed by atoms with Crippen molar-refractivity contribution >= 4 is 17.7 Å². The summed E-state index contributed by atoms with van der Waals surface area (Å²) in [6.45, 7) is 4.43. The minimum Gasteiger partial charge on any atom is -0.353 e. The van der Waals surface area contributed by atoms with Crippen LogP contribution >= 0.6 is 0 Å². The number of amides is 3. The molecule has 4 aliphatic heterocycles. The van der Waals surface area contributed by atoms with Gasteiger partial charge < -0.3 is 15.1 Å². The maximum Gasteiger partial charge on any atom is 0.255 e. The minimum atomic E-state index is -0.0826. The van der Waals surface area contributed by atoms with E-state index in [0.717, 1.165) is 25.8 Å². The van der Waals surface area contributed by atoms with Crippen LogP contribution in [-0.4, -0.2) is 88.8 Å². The lowest BCUT2D eigenvalue weighted by Gasteiger charge is -2.57. The number of carbonyl (C=O) groups is 3. The Balaban J connectivity index is 1.31. The van der Waals surface area contributed by atoms with Gasteiger partial charge in [-0.1, -0.05) is 0 Å². The van der Waals surface area contributed by atoms with E-state index in [0.29, 0.717) is 43.0 Å². The Morgan fingerprint density at radius 3 is 2.79 bits per heavy atom. The number of aromatic nitrogens is 1. The van der Waals surface area contributed by atoms with Crippen LogP contribution in [0, 0.1) is 11.8 Å². The highest BCUT2D eigenvalue weighted by atomic mass is 16.2. The van der Waals surface area contributed by atoms with E-state index in [1.807, 2.05) is 12.1 Å². The Bertz CT molecular complexity index is 876. The molecule has 0 spiro atoms. The summed E-state index contributed by atoms with van der Waals surface area (Å²) < 4.78 is 0. The molecule has 0 radical (unpaired) electrons. The van der Waals surface area contributed by atoms with Crippen LogP contribution in [0.25, 0.3) is 0 Å². The summed E-state index contributed by atoms with van der Waals surface area (Å²) in [7, 11) is 0. The summed E-state index contributed by atoms with van der Waals surface area (Å²) in [6.07, 6.45) is 10.1. The number of carbonyl (C=O) groups excluding carboxylic acids is 3. The molecule has 178 valence electrons. The molecule has 4 fully saturated rings. The average molecular weight is 454 g/mol. The van der Waals surface area contributed by atoms with E-state index in [1.54, 1.807) is 17.3 Å². The quantitative estimate of drug-likeness (QED) is 0.731. The second-order valence-electron chi connectivity index (χ2n) is 10.1. The zero-order valence-electron chi connectivity index (χ0n) is 19.3. The van der Waals surface area contributed by atoms with Crippen molar-refractivity contribution in [2.24, 2.45) is 11.8 Å². The topological polar surface area (TPSA) is 85.9 Å². The molecular weight excluding hydrogens is 418 g/mol. The van der Waals surface area contributed by atoms with Crippen LogP contribution in [0.15, 0.2) is 24.5 Å². The number of rotatable bonds is 5. The number of piperidine rings is 3. The number of piperazine rings is 1. The molecule has 8 heteroatoms. The minimum absolute atomic E-state index is 0.0478. The zero-order valence-corrected chi connectivity index (χ0v) is 19.3. The Morgan fingerprint density at radius 2 is 2.00 bits per heavy atom. The standard InChI is InChI=1S/C25H35N5O3/c31-22-17-29(14-11-27-22)23(32)9-1-8-21-20-7-4-13-28-12-3-6-19(24(20)28)16-30(21)25(33)18-5-2-10-26-15-18/h2,5,10,15,19-21,24H,1,3-4,6-9,11-14,16-17H2,(H,27,31)/t19-,20+,21+,24-/m0/s1. The van der Waals surface area contributed by atoms with Gasteiger partial charge in [-0.25, -0.2) is 0 Å². The van der Waals surface area contributed by atoms with Gasteiger partial charge in [0.1, 0.15) is 0 Å². The molecule has 0 aliphatic carbocycles. The van der Waals surface area contributed by atoms with Gasteiger partial charge in [-0.15, -0.1) is 0 Å². The molecule has 5 rings (SSSR count). The first-order chi connectivity index (χ1) is 16.1. The van der Waals surface area contributed by atoms with E-state index >= 15 is 0 Å². The van der Waals surface area contributed by atoms with E-state index in [4.69, 9.17) is 0 Å². The summed E-state index contributed by atoms with van der Waals surface area (Å²) in [5.74, 6) is 1.05. The molecule has 1 N–H and O–H groups in total. The third kappa shape index (κ3) is 4.63. The largest absolute Gasteiger partial charge is 0.353 e. The second-order valence-corrected chi connectivity index (χ2v) is 10.1. The van der Waals surface area contributed by atoms with Gasteiger partial charge in [-0.2, -0.15) is 0 Å². The highest BCUT2D eigenvalue weighted by Gasteiger charge is 2.49. The molecule has 3 amide bonds. The SMILES string of the molecule is O=C1CN(C(=O)CCC[C@@H]2[C@H]3CCCN4CCC[C@@H](CN2C(=O)c2cccnc2)[C@@H]34)CCN1. The maximum atomic E-state index is 13.6. The van der Waals surface area contributed by atoms with Gasteiger partial charge in [0.25, 0.3) is 5.91 Å². The first-order valence-electron chi connectivity index (χ1n) is 12.6. The first kappa shape index (κ1) is 22.3. The zero-order chi connectivity index (χ0) is 22.8. The normalized spacial score (nSPS) is 29.9. The molecule has 4 saturated heterocycles. The van der Waals surface area contributed by atoms with Crippen LogP contribution in [0.2, 0.25) is 0 Å². The van der Waals surface area contributed by atoms with E-state index in [2.05, 4.69) is 20.1 Å². The van der Waals surface area contributed by atoms with Gasteiger partial charge in [-0.05, 0) is 75.6 Å². The summed E-state index contributed by atoms with van der Waals surface area (Å²) in [5.41, 5.74) is 0.653. The van der Waals surface area contributed by atoms with Crippen molar-refractivity contribution in [1.29, 1.82) is 0 Å². The van der Waals surface area contributed by atoms with E-state index < -0.39 is 0 Å². The Labute approximate surface area is 195 Å². The first-order valence-corrected chi connectivity index (χ1v) is 12.6. The smallest absolute Gasteiger partial charge is 0.255 e. The van der Waals surface area contributed by atoms with Crippen LogP contribution in [0.5, 0.6) is 0 Å². The van der Waals surface area contributed by atoms with Crippen molar-refractivity contribution < 1.29 is 14.4 Å². The number of hydrogen-bond donors (Lipinski definition) is 1. The Kier molecular flexibility index (Phi) is 6.62. The lowest BCUT2D eigenvalue weighted by molar-refractivity contribution is -0.138. The highest BCUT2D eigenvalue weighted by molar-refractivity contribution is 5.94. The fourth-order valence-corrected chi connectivity index (χ4v) is 6.73. The van der Waals surface area contributed by atoms with E-state index in [-0.39, 0.29) is 30.3 Å². The van der Waals surface area contributed by atoms with Gasteiger partial charge in [0.05, 0.1) is 12.1 Å². The van der Waals surface area contributed by atoms with Crippen molar-refractivity contribution in [3.63, 3.8) is 0 Å². The fourth-order valence-electron chi connectivity index (χ4n) is 6.73. The lowest BCUT2D eigenvalue weighted by atomic mass is 9.69. The molecule has 4 atom stereocenters. The number of pyridine rings is 1. The third-order valence-corrected chi connectivity index (χ3v) is 8.12. The molecule has 0 aromatic carbocycles. The third-order valence-electron chi connectivity index (χ3n) is 8.12. The highest BCUT2D eigenvalue weighted by Crippen LogP contribution is 2.43. The van der Waals surface area contributed by atoms with Gasteiger partial charge in [0, 0.05) is 50.5 Å². The molecule has 0 unspecified atom stereocenters. The van der Waals surface area contributed by atoms with Crippen molar-refractivity contribution in [3.8, 4) is 0 Å². The van der Waals surface area contributed by atoms with Crippen LogP contribution in [0.1, 0.15) is 55.3 Å². The fraction of sp³-hybridized carbons (Fsp3) is 0.680. The predicted molar refractivity (Wildman–Crippen MR) is 123 cm³/mol. The van der Waals surface area contributed by atoms with Crippen LogP contribution in [-0.2, 0) is 9.59 Å². The second kappa shape index (κ2) is 9.79. The number of nitrogens with one attached hydrogen (secondary N) is 1.